The Balaban J connectivity index is 2.64. The molecule has 0 amide bonds. The first kappa shape index (κ1) is 9.74. The third-order valence-electron chi connectivity index (χ3n) is 1.64. The van der Waals surface area contributed by atoms with Gasteiger partial charge in [0.2, 0.25) is 0 Å². The molecular formula is C10H13NO2. The molecule has 0 aromatic heterocycles. The van der Waals surface area contributed by atoms with E-state index in [2.05, 4.69) is 4.99 Å². The maximum absolute atomic E-state index is 9.00. The second kappa shape index (κ2) is 4.62. The number of rotatable bonds is 3. The van der Waals surface area contributed by atoms with Crippen molar-refractivity contribution in [3.63, 3.8) is 0 Å². The van der Waals surface area contributed by atoms with Crippen LogP contribution in [0.1, 0.15) is 12.5 Å². The van der Waals surface area contributed by atoms with Gasteiger partial charge in [0.15, 0.2) is 0 Å². The summed E-state index contributed by atoms with van der Waals surface area (Å²) in [5.74, 6) is 0.243. The van der Waals surface area contributed by atoms with Crippen LogP contribution < -0.4 is 0 Å². The van der Waals surface area contributed by atoms with Gasteiger partial charge in [-0.1, -0.05) is 0 Å². The SMILES string of the molecule is CC(CO)N=Cc1ccc(O)cc1. The summed E-state index contributed by atoms with van der Waals surface area (Å²) < 4.78 is 0. The number of aromatic hydroxyl groups is 1. The first-order valence-electron chi connectivity index (χ1n) is 4.15. The number of aliphatic hydroxyl groups excluding tert-OH is 1. The van der Waals surface area contributed by atoms with Crippen LogP contribution in [0.3, 0.4) is 0 Å². The van der Waals surface area contributed by atoms with E-state index in [0.717, 1.165) is 5.56 Å². The Kier molecular flexibility index (Phi) is 3.46. The molecule has 3 nitrogen and oxygen atoms in total. The van der Waals surface area contributed by atoms with Crippen LogP contribution in [-0.4, -0.2) is 29.1 Å². The average molecular weight is 179 g/mol. The summed E-state index contributed by atoms with van der Waals surface area (Å²) in [6, 6.07) is 6.66. The summed E-state index contributed by atoms with van der Waals surface area (Å²) in [6.45, 7) is 1.88. The van der Waals surface area contributed by atoms with E-state index in [1.165, 1.54) is 0 Å². The fourth-order valence-corrected chi connectivity index (χ4v) is 0.821. The van der Waals surface area contributed by atoms with Crippen molar-refractivity contribution < 1.29 is 10.2 Å². The van der Waals surface area contributed by atoms with Gasteiger partial charge in [0.1, 0.15) is 5.75 Å². The van der Waals surface area contributed by atoms with Crippen molar-refractivity contribution in [2.75, 3.05) is 6.61 Å². The van der Waals surface area contributed by atoms with Crippen LogP contribution in [0.4, 0.5) is 0 Å². The van der Waals surface area contributed by atoms with Crippen molar-refractivity contribution in [2.45, 2.75) is 13.0 Å². The summed E-state index contributed by atoms with van der Waals surface area (Å²) in [4.78, 5) is 4.09. The quantitative estimate of drug-likeness (QED) is 0.685. The molecule has 1 aromatic rings. The molecule has 0 spiro atoms. The third-order valence-corrected chi connectivity index (χ3v) is 1.64. The van der Waals surface area contributed by atoms with Crippen molar-refractivity contribution in [3.8, 4) is 5.75 Å². The molecule has 1 atom stereocenters. The lowest BCUT2D eigenvalue weighted by Crippen LogP contribution is -2.03. The number of aliphatic imine (C=N–C) groups is 1. The fraction of sp³-hybridized carbons (Fsp3) is 0.300. The summed E-state index contributed by atoms with van der Waals surface area (Å²) in [5.41, 5.74) is 0.915. The highest BCUT2D eigenvalue weighted by Crippen LogP contribution is 2.07. The predicted octanol–water partition coefficient (Wildman–Crippen LogP) is 1.19. The maximum Gasteiger partial charge on any atom is 0.115 e. The summed E-state index contributed by atoms with van der Waals surface area (Å²) in [6.07, 6.45) is 1.68. The molecule has 13 heavy (non-hydrogen) atoms. The van der Waals surface area contributed by atoms with E-state index in [1.807, 2.05) is 6.92 Å². The van der Waals surface area contributed by atoms with Gasteiger partial charge in [-0.3, -0.25) is 4.99 Å². The molecule has 70 valence electrons. The molecule has 0 heterocycles. The first-order valence-corrected chi connectivity index (χ1v) is 4.15. The number of hydrogen-bond acceptors (Lipinski definition) is 3. The Morgan fingerprint density at radius 2 is 2.00 bits per heavy atom. The van der Waals surface area contributed by atoms with Crippen LogP contribution in [0, 0.1) is 0 Å². The van der Waals surface area contributed by atoms with Crippen LogP contribution in [0.15, 0.2) is 29.3 Å². The molecule has 0 bridgehead atoms. The zero-order chi connectivity index (χ0) is 9.68. The Hall–Kier alpha value is -1.35. The third kappa shape index (κ3) is 3.25. The zero-order valence-electron chi connectivity index (χ0n) is 7.51. The second-order valence-corrected chi connectivity index (χ2v) is 2.90. The van der Waals surface area contributed by atoms with Gasteiger partial charge in [-0.05, 0) is 36.8 Å². The van der Waals surface area contributed by atoms with E-state index in [4.69, 9.17) is 10.2 Å². The highest BCUT2D eigenvalue weighted by Gasteiger charge is 1.93. The molecule has 0 fully saturated rings. The second-order valence-electron chi connectivity index (χ2n) is 2.90. The standard InChI is InChI=1S/C10H13NO2/c1-8(7-12)11-6-9-2-4-10(13)5-3-9/h2-6,8,12-13H,7H2,1H3. The number of benzene rings is 1. The molecule has 0 aliphatic rings. The van der Waals surface area contributed by atoms with Crippen LogP contribution in [0.25, 0.3) is 0 Å². The molecular weight excluding hydrogens is 166 g/mol. The Labute approximate surface area is 77.4 Å². The molecule has 0 saturated carbocycles. The minimum absolute atomic E-state index is 0.0502. The van der Waals surface area contributed by atoms with Gasteiger partial charge in [-0.15, -0.1) is 0 Å². The normalized spacial score (nSPS) is 13.4. The number of phenols is 1. The van der Waals surface area contributed by atoms with E-state index < -0.39 is 0 Å². The van der Waals surface area contributed by atoms with Crippen LogP contribution in [0.2, 0.25) is 0 Å². The molecule has 1 aromatic carbocycles. The van der Waals surface area contributed by atoms with Gasteiger partial charge in [0, 0.05) is 6.21 Å². The minimum Gasteiger partial charge on any atom is -0.508 e. The van der Waals surface area contributed by atoms with Crippen LogP contribution in [-0.2, 0) is 0 Å². The van der Waals surface area contributed by atoms with E-state index in [-0.39, 0.29) is 18.4 Å². The highest BCUT2D eigenvalue weighted by molar-refractivity contribution is 5.79. The molecule has 1 rings (SSSR count). The Morgan fingerprint density at radius 1 is 1.38 bits per heavy atom. The van der Waals surface area contributed by atoms with Crippen molar-refractivity contribution in [3.05, 3.63) is 29.8 Å². The van der Waals surface area contributed by atoms with E-state index >= 15 is 0 Å². The molecule has 2 N–H and O–H groups in total. The van der Waals surface area contributed by atoms with Crippen LogP contribution >= 0.6 is 0 Å². The topological polar surface area (TPSA) is 52.8 Å². The van der Waals surface area contributed by atoms with Crippen molar-refractivity contribution >= 4 is 6.21 Å². The lowest BCUT2D eigenvalue weighted by atomic mass is 10.2. The van der Waals surface area contributed by atoms with Crippen molar-refractivity contribution in [2.24, 2.45) is 4.99 Å². The van der Waals surface area contributed by atoms with Crippen LogP contribution in [0.5, 0.6) is 5.75 Å². The summed E-state index contributed by atoms with van der Waals surface area (Å²) in [5, 5.41) is 17.7. The van der Waals surface area contributed by atoms with E-state index in [9.17, 15) is 0 Å². The zero-order valence-corrected chi connectivity index (χ0v) is 7.51. The summed E-state index contributed by atoms with van der Waals surface area (Å²) >= 11 is 0. The molecule has 0 radical (unpaired) electrons. The van der Waals surface area contributed by atoms with E-state index in [1.54, 1.807) is 30.5 Å². The Morgan fingerprint density at radius 3 is 2.54 bits per heavy atom. The van der Waals surface area contributed by atoms with Gasteiger partial charge >= 0.3 is 0 Å². The Bertz CT molecular complexity index is 279. The van der Waals surface area contributed by atoms with Crippen molar-refractivity contribution in [1.82, 2.24) is 0 Å². The smallest absolute Gasteiger partial charge is 0.115 e. The lowest BCUT2D eigenvalue weighted by molar-refractivity contribution is 0.275. The van der Waals surface area contributed by atoms with Gasteiger partial charge in [0.25, 0.3) is 0 Å². The van der Waals surface area contributed by atoms with Gasteiger partial charge in [-0.25, -0.2) is 0 Å². The van der Waals surface area contributed by atoms with E-state index in [0.29, 0.717) is 0 Å². The predicted molar refractivity (Wildman–Crippen MR) is 52.2 cm³/mol. The fourth-order valence-electron chi connectivity index (χ4n) is 0.821. The van der Waals surface area contributed by atoms with Gasteiger partial charge in [-0.2, -0.15) is 0 Å². The van der Waals surface area contributed by atoms with Crippen molar-refractivity contribution in [1.29, 1.82) is 0 Å². The number of aliphatic hydroxyl groups is 1. The number of hydrogen-bond donors (Lipinski definition) is 2. The first-order chi connectivity index (χ1) is 6.22. The van der Waals surface area contributed by atoms with Gasteiger partial charge < -0.3 is 10.2 Å². The monoisotopic (exact) mass is 179 g/mol. The highest BCUT2D eigenvalue weighted by atomic mass is 16.3. The van der Waals surface area contributed by atoms with Gasteiger partial charge in [0.05, 0.1) is 12.6 Å². The molecule has 0 saturated heterocycles. The molecule has 1 unspecified atom stereocenters. The lowest BCUT2D eigenvalue weighted by Gasteiger charge is -1.99. The molecule has 0 aliphatic heterocycles. The largest absolute Gasteiger partial charge is 0.508 e. The minimum atomic E-state index is -0.0752. The molecule has 0 aliphatic carbocycles. The molecule has 3 heteroatoms. The number of phenolic OH excluding ortho intramolecular Hbond substituents is 1. The summed E-state index contributed by atoms with van der Waals surface area (Å²) in [7, 11) is 0. The average Bonchev–Trinajstić information content (AvgIpc) is 2.16. The maximum atomic E-state index is 9.00. The number of nitrogens with zero attached hydrogens (tertiary/aromatic N) is 1.